The van der Waals surface area contributed by atoms with Crippen LogP contribution in [0.15, 0.2) is 36.4 Å². The molecule has 0 atom stereocenters. The summed E-state index contributed by atoms with van der Waals surface area (Å²) < 4.78 is 35.8. The highest BCUT2D eigenvalue weighted by Gasteiger charge is 2.43. The summed E-state index contributed by atoms with van der Waals surface area (Å²) in [6.45, 7) is 42.4. The Hall–Kier alpha value is -2.75. The van der Waals surface area contributed by atoms with Gasteiger partial charge < -0.3 is 14.2 Å². The van der Waals surface area contributed by atoms with Gasteiger partial charge in [-0.1, -0.05) is 168 Å². The topological polar surface area (TPSA) is 65.0 Å². The summed E-state index contributed by atoms with van der Waals surface area (Å²) in [6, 6.07) is 13.4. The van der Waals surface area contributed by atoms with E-state index in [2.05, 4.69) is 168 Å². The number of phosphoric ester groups is 1. The molecule has 4 rings (SSSR count). The van der Waals surface area contributed by atoms with E-state index in [1.54, 1.807) is 0 Å². The molecule has 3 aromatic carbocycles. The fourth-order valence-electron chi connectivity index (χ4n) is 7.62. The minimum absolute atomic E-state index is 0.0788. The molecule has 57 heavy (non-hydrogen) atoms. The predicted molar refractivity (Wildman–Crippen MR) is 242 cm³/mol. The van der Waals surface area contributed by atoms with E-state index < -0.39 is 7.82 Å². The van der Waals surface area contributed by atoms with Gasteiger partial charge in [-0.2, -0.15) is 0 Å². The largest absolute Gasteiger partial charge is 0.587 e. The van der Waals surface area contributed by atoms with Crippen molar-refractivity contribution in [3.63, 3.8) is 0 Å². The monoisotopic (exact) mass is 803 g/mol. The molecule has 0 aliphatic carbocycles. The van der Waals surface area contributed by atoms with Gasteiger partial charge in [-0.25, -0.2) is 4.57 Å². The number of benzene rings is 3. The van der Waals surface area contributed by atoms with Crippen LogP contribution in [0.2, 0.25) is 0 Å². The van der Waals surface area contributed by atoms with E-state index in [-0.39, 0.29) is 45.0 Å². The highest BCUT2D eigenvalue weighted by molar-refractivity contribution is 7.49. The van der Waals surface area contributed by atoms with Gasteiger partial charge >= 0.3 is 7.82 Å². The first-order valence-electron chi connectivity index (χ1n) is 21.9. The zero-order chi connectivity index (χ0) is 43.3. The fraction of sp³-hybridized carbons (Fsp3) is 0.647. The maximum absolute atomic E-state index is 15.6. The number of hydrogen-bond acceptors (Lipinski definition) is 5. The Morgan fingerprint density at radius 3 is 1.28 bits per heavy atom. The molecule has 0 spiro atoms. The Balaban J connectivity index is 1.96. The van der Waals surface area contributed by atoms with Crippen molar-refractivity contribution in [1.82, 2.24) is 0 Å². The molecule has 0 amide bonds. The van der Waals surface area contributed by atoms with Crippen LogP contribution in [-0.4, -0.2) is 11.7 Å². The number of aromatic hydroxyl groups is 1. The lowest BCUT2D eigenvalue weighted by atomic mass is 9.72. The van der Waals surface area contributed by atoms with Crippen LogP contribution >= 0.6 is 7.82 Å². The smallest absolute Gasteiger partial charge is 0.507 e. The van der Waals surface area contributed by atoms with Crippen molar-refractivity contribution in [2.75, 3.05) is 6.61 Å². The number of phenolic OH excluding ortho intramolecular Hbond substituents is 1. The summed E-state index contributed by atoms with van der Waals surface area (Å²) >= 11 is 0. The molecule has 1 aliphatic rings. The molecule has 5 nitrogen and oxygen atoms in total. The molecular formula is C51H79O5P. The normalized spacial score (nSPS) is 18.3. The first kappa shape index (κ1) is 46.9. The lowest BCUT2D eigenvalue weighted by Crippen LogP contribution is -2.26. The van der Waals surface area contributed by atoms with Crippen LogP contribution in [0, 0.1) is 0 Å². The number of phosphoric acid groups is 1. The first-order chi connectivity index (χ1) is 26.0. The average Bonchev–Trinajstić information content (AvgIpc) is 3.11. The average molecular weight is 803 g/mol. The standard InChI is InChI=1S/C51H79O5P/c1-20-48(12,13)35-29-37-33(5)38-30-36(49(14,15)21-2)32-42(51(18,19)23-4)45(38)56-57(53,55-44(37)41(31-35)50(16,17)22-3)54-26-24-25-34-27-39(46(6,7)8)43(52)40(28-34)47(9,10)11/h27-33,52H,20-26H2,1-19H3. The van der Waals surface area contributed by atoms with Gasteiger partial charge in [0.15, 0.2) is 0 Å². The van der Waals surface area contributed by atoms with E-state index in [1.807, 2.05) is 0 Å². The second-order valence-electron chi connectivity index (χ2n) is 21.7. The number of aryl methyl sites for hydroxylation is 1. The molecule has 318 valence electrons. The van der Waals surface area contributed by atoms with Crippen molar-refractivity contribution in [2.45, 2.75) is 208 Å². The van der Waals surface area contributed by atoms with Gasteiger partial charge in [0, 0.05) is 28.2 Å². The van der Waals surface area contributed by atoms with Gasteiger partial charge in [-0.3, -0.25) is 4.52 Å². The van der Waals surface area contributed by atoms with E-state index >= 15 is 4.57 Å². The Morgan fingerprint density at radius 1 is 0.579 bits per heavy atom. The molecule has 0 unspecified atom stereocenters. The fourth-order valence-corrected chi connectivity index (χ4v) is 8.97. The van der Waals surface area contributed by atoms with Gasteiger partial charge in [0.2, 0.25) is 0 Å². The quantitative estimate of drug-likeness (QED) is 0.138. The summed E-state index contributed by atoms with van der Waals surface area (Å²) in [6.07, 6.45) is 4.99. The molecule has 1 aliphatic heterocycles. The van der Waals surface area contributed by atoms with Crippen molar-refractivity contribution in [1.29, 1.82) is 0 Å². The second-order valence-corrected chi connectivity index (χ2v) is 23.2. The molecule has 3 aromatic rings. The minimum Gasteiger partial charge on any atom is -0.507 e. The van der Waals surface area contributed by atoms with Crippen LogP contribution in [0.1, 0.15) is 220 Å². The molecule has 0 bridgehead atoms. The predicted octanol–water partition coefficient (Wildman–Crippen LogP) is 15.4. The Kier molecular flexibility index (Phi) is 13.5. The summed E-state index contributed by atoms with van der Waals surface area (Å²) in [7, 11) is -4.26. The lowest BCUT2D eigenvalue weighted by molar-refractivity contribution is 0.202. The van der Waals surface area contributed by atoms with Crippen LogP contribution < -0.4 is 9.05 Å². The molecule has 0 saturated carbocycles. The second kappa shape index (κ2) is 16.4. The number of rotatable bonds is 13. The first-order valence-corrected chi connectivity index (χ1v) is 23.3. The van der Waals surface area contributed by atoms with E-state index in [0.29, 0.717) is 30.1 Å². The molecule has 6 heteroatoms. The van der Waals surface area contributed by atoms with Crippen molar-refractivity contribution < 1.29 is 23.2 Å². The molecule has 1 N–H and O–H groups in total. The van der Waals surface area contributed by atoms with Crippen LogP contribution in [0.4, 0.5) is 0 Å². The maximum Gasteiger partial charge on any atom is 0.587 e. The van der Waals surface area contributed by atoms with Crippen molar-refractivity contribution >= 4 is 7.82 Å². The summed E-state index contributed by atoms with van der Waals surface area (Å²) in [4.78, 5) is 0. The van der Waals surface area contributed by atoms with Crippen molar-refractivity contribution in [2.24, 2.45) is 0 Å². The van der Waals surface area contributed by atoms with Crippen LogP contribution in [0.5, 0.6) is 17.2 Å². The molecule has 0 radical (unpaired) electrons. The maximum atomic E-state index is 15.6. The SMILES string of the molecule is CCC(C)(C)c1cc2c(c(C(C)(C)CC)c1)OP(=O)(OCCCc1cc(C(C)(C)C)c(O)c(C(C)(C)C)c1)Oc1c(cc(C(C)(C)CC)cc1C(C)(C)CC)C2C. The van der Waals surface area contributed by atoms with E-state index in [4.69, 9.17) is 13.6 Å². The van der Waals surface area contributed by atoms with E-state index in [9.17, 15) is 5.11 Å². The zero-order valence-electron chi connectivity index (χ0n) is 39.5. The number of fused-ring (bicyclic) bond motifs is 2. The highest BCUT2D eigenvalue weighted by atomic mass is 31.2. The van der Waals surface area contributed by atoms with Gasteiger partial charge in [0.05, 0.1) is 6.61 Å². The van der Waals surface area contributed by atoms with Crippen LogP contribution in [0.25, 0.3) is 0 Å². The number of hydrogen-bond donors (Lipinski definition) is 1. The Bertz CT molecular complexity index is 1840. The van der Waals surface area contributed by atoms with E-state index in [0.717, 1.165) is 64.6 Å². The third-order valence-corrected chi connectivity index (χ3v) is 15.1. The van der Waals surface area contributed by atoms with Gasteiger partial charge in [0.25, 0.3) is 0 Å². The molecule has 1 heterocycles. The molecule has 0 saturated heterocycles. The van der Waals surface area contributed by atoms with Gasteiger partial charge in [-0.15, -0.1) is 0 Å². The molecule has 0 fully saturated rings. The van der Waals surface area contributed by atoms with Crippen molar-refractivity contribution in [3.8, 4) is 17.2 Å². The minimum atomic E-state index is -4.26. The zero-order valence-corrected chi connectivity index (χ0v) is 40.4. The highest BCUT2D eigenvalue weighted by Crippen LogP contribution is 2.60. The Labute approximate surface area is 348 Å². The molecular weight excluding hydrogens is 724 g/mol. The van der Waals surface area contributed by atoms with Crippen molar-refractivity contribution in [3.05, 3.63) is 86.5 Å². The van der Waals surface area contributed by atoms with Gasteiger partial charge in [0.1, 0.15) is 17.2 Å². The van der Waals surface area contributed by atoms with Crippen LogP contribution in [-0.2, 0) is 48.0 Å². The number of phenols is 1. The summed E-state index contributed by atoms with van der Waals surface area (Å²) in [5.41, 5.74) is 8.46. The third-order valence-electron chi connectivity index (χ3n) is 13.8. The van der Waals surface area contributed by atoms with Crippen LogP contribution in [0.3, 0.4) is 0 Å². The Morgan fingerprint density at radius 2 is 0.947 bits per heavy atom. The summed E-state index contributed by atoms with van der Waals surface area (Å²) in [5.74, 6) is 1.51. The lowest BCUT2D eigenvalue weighted by Gasteiger charge is -2.38. The van der Waals surface area contributed by atoms with E-state index in [1.165, 1.54) is 11.1 Å². The summed E-state index contributed by atoms with van der Waals surface area (Å²) in [5, 5.41) is 11.3. The third kappa shape index (κ3) is 9.84. The molecule has 0 aromatic heterocycles. The van der Waals surface area contributed by atoms with Gasteiger partial charge in [-0.05, 0) is 98.8 Å².